The first kappa shape index (κ1) is 8.69. The third-order valence-electron chi connectivity index (χ3n) is 2.12. The number of allylic oxidation sites excluding steroid dienone is 1. The molecule has 3 heteroatoms. The van der Waals surface area contributed by atoms with Crippen molar-refractivity contribution < 1.29 is 9.94 Å². The van der Waals surface area contributed by atoms with Crippen molar-refractivity contribution in [1.29, 1.82) is 0 Å². The highest BCUT2D eigenvalue weighted by molar-refractivity contribution is 5.75. The standard InChI is InChI=1S/C11H11N2O/c1-8(2)9-6-11-10(12-7-9)4-3-5-13(11)14/h3-7,14H,1H2,2H3/q+1. The first-order chi connectivity index (χ1) is 6.68. The average molecular weight is 187 g/mol. The molecule has 0 unspecified atom stereocenters. The Hall–Kier alpha value is -1.90. The van der Waals surface area contributed by atoms with E-state index in [2.05, 4.69) is 11.6 Å². The zero-order chi connectivity index (χ0) is 10.1. The Kier molecular flexibility index (Phi) is 1.93. The molecule has 1 N–H and O–H groups in total. The molecule has 0 aliphatic carbocycles. The summed E-state index contributed by atoms with van der Waals surface area (Å²) in [6, 6.07) is 5.46. The third kappa shape index (κ3) is 1.33. The molecular formula is C11H11N2O+. The largest absolute Gasteiger partial charge is 0.284 e. The summed E-state index contributed by atoms with van der Waals surface area (Å²) in [6.07, 6.45) is 3.33. The van der Waals surface area contributed by atoms with E-state index in [1.54, 1.807) is 18.5 Å². The lowest BCUT2D eigenvalue weighted by Crippen LogP contribution is -2.30. The summed E-state index contributed by atoms with van der Waals surface area (Å²) >= 11 is 0. The molecule has 2 aromatic rings. The summed E-state index contributed by atoms with van der Waals surface area (Å²) in [5.74, 6) is 0. The molecule has 0 bridgehead atoms. The Balaban J connectivity index is 2.76. The summed E-state index contributed by atoms with van der Waals surface area (Å²) in [7, 11) is 0. The van der Waals surface area contributed by atoms with Gasteiger partial charge in [0.15, 0.2) is 0 Å². The quantitative estimate of drug-likeness (QED) is 0.546. The van der Waals surface area contributed by atoms with Crippen molar-refractivity contribution in [3.8, 4) is 0 Å². The van der Waals surface area contributed by atoms with Gasteiger partial charge in [-0.1, -0.05) is 6.58 Å². The lowest BCUT2D eigenvalue weighted by Gasteiger charge is -1.98. The van der Waals surface area contributed by atoms with Gasteiger partial charge in [0, 0.05) is 28.6 Å². The van der Waals surface area contributed by atoms with Gasteiger partial charge in [-0.3, -0.25) is 5.21 Å². The first-order valence-corrected chi connectivity index (χ1v) is 4.34. The lowest BCUT2D eigenvalue weighted by molar-refractivity contribution is -0.884. The van der Waals surface area contributed by atoms with Crippen molar-refractivity contribution in [2.24, 2.45) is 0 Å². The van der Waals surface area contributed by atoms with Gasteiger partial charge in [0.2, 0.25) is 6.20 Å². The molecule has 0 amide bonds. The average Bonchev–Trinajstić information content (AvgIpc) is 2.18. The van der Waals surface area contributed by atoms with E-state index in [9.17, 15) is 5.21 Å². The Morgan fingerprint density at radius 2 is 2.36 bits per heavy atom. The maximum Gasteiger partial charge on any atom is 0.283 e. The Bertz CT molecular complexity index is 506. The first-order valence-electron chi connectivity index (χ1n) is 4.34. The molecule has 0 saturated carbocycles. The molecule has 0 fully saturated rings. The van der Waals surface area contributed by atoms with Gasteiger partial charge in [0.1, 0.15) is 5.52 Å². The van der Waals surface area contributed by atoms with Crippen LogP contribution >= 0.6 is 0 Å². The minimum Gasteiger partial charge on any atom is -0.284 e. The molecular weight excluding hydrogens is 176 g/mol. The monoisotopic (exact) mass is 187 g/mol. The second kappa shape index (κ2) is 3.10. The van der Waals surface area contributed by atoms with Gasteiger partial charge < -0.3 is 0 Å². The van der Waals surface area contributed by atoms with E-state index in [4.69, 9.17) is 0 Å². The van der Waals surface area contributed by atoms with E-state index in [0.717, 1.165) is 21.4 Å². The highest BCUT2D eigenvalue weighted by Gasteiger charge is 2.08. The van der Waals surface area contributed by atoms with Crippen LogP contribution in [0.15, 0.2) is 37.2 Å². The van der Waals surface area contributed by atoms with Crippen LogP contribution in [-0.4, -0.2) is 10.2 Å². The molecule has 2 aromatic heterocycles. The smallest absolute Gasteiger partial charge is 0.283 e. The van der Waals surface area contributed by atoms with Crippen LogP contribution in [0.1, 0.15) is 12.5 Å². The number of nitrogens with zero attached hydrogens (tertiary/aromatic N) is 2. The van der Waals surface area contributed by atoms with Gasteiger partial charge in [-0.05, 0) is 18.6 Å². The Morgan fingerprint density at radius 3 is 3.07 bits per heavy atom. The van der Waals surface area contributed by atoms with Crippen LogP contribution in [0.4, 0.5) is 0 Å². The lowest BCUT2D eigenvalue weighted by atomic mass is 10.1. The van der Waals surface area contributed by atoms with E-state index >= 15 is 0 Å². The third-order valence-corrected chi connectivity index (χ3v) is 2.12. The summed E-state index contributed by atoms with van der Waals surface area (Å²) in [5, 5.41) is 9.52. The topological polar surface area (TPSA) is 37.0 Å². The van der Waals surface area contributed by atoms with Gasteiger partial charge in [-0.15, -0.1) is 0 Å². The molecule has 0 saturated heterocycles. The van der Waals surface area contributed by atoms with Crippen LogP contribution in [0.3, 0.4) is 0 Å². The number of rotatable bonds is 1. The molecule has 0 aliphatic heterocycles. The fourth-order valence-electron chi connectivity index (χ4n) is 1.31. The van der Waals surface area contributed by atoms with Crippen molar-refractivity contribution in [1.82, 2.24) is 4.98 Å². The highest BCUT2D eigenvalue weighted by atomic mass is 16.5. The number of hydrogen-bond donors (Lipinski definition) is 1. The SMILES string of the molecule is C=C(C)c1cnc2ccc[n+](O)c2c1. The maximum absolute atomic E-state index is 9.52. The molecule has 0 radical (unpaired) electrons. The number of aromatic nitrogens is 2. The zero-order valence-electron chi connectivity index (χ0n) is 7.94. The van der Waals surface area contributed by atoms with Crippen molar-refractivity contribution in [2.75, 3.05) is 0 Å². The van der Waals surface area contributed by atoms with E-state index in [-0.39, 0.29) is 0 Å². The van der Waals surface area contributed by atoms with Gasteiger partial charge in [0.25, 0.3) is 5.52 Å². The maximum atomic E-state index is 9.52. The summed E-state index contributed by atoms with van der Waals surface area (Å²) < 4.78 is 1.06. The minimum absolute atomic E-state index is 0.688. The second-order valence-electron chi connectivity index (χ2n) is 3.26. The van der Waals surface area contributed by atoms with Crippen LogP contribution in [-0.2, 0) is 0 Å². The fraction of sp³-hybridized carbons (Fsp3) is 0.0909. The summed E-state index contributed by atoms with van der Waals surface area (Å²) in [5.41, 5.74) is 3.32. The molecule has 0 aliphatic rings. The zero-order valence-corrected chi connectivity index (χ0v) is 7.94. The molecule has 14 heavy (non-hydrogen) atoms. The molecule has 0 spiro atoms. The van der Waals surface area contributed by atoms with Crippen molar-refractivity contribution in [3.05, 3.63) is 42.7 Å². The van der Waals surface area contributed by atoms with Crippen molar-refractivity contribution in [2.45, 2.75) is 6.92 Å². The predicted octanol–water partition coefficient (Wildman–Crippen LogP) is 1.79. The van der Waals surface area contributed by atoms with Crippen LogP contribution in [0.2, 0.25) is 0 Å². The van der Waals surface area contributed by atoms with Gasteiger partial charge in [0.05, 0.1) is 0 Å². The predicted molar refractivity (Wildman–Crippen MR) is 53.8 cm³/mol. The molecule has 3 nitrogen and oxygen atoms in total. The van der Waals surface area contributed by atoms with Crippen LogP contribution < -0.4 is 4.73 Å². The minimum atomic E-state index is 0.688. The number of pyridine rings is 2. The van der Waals surface area contributed by atoms with E-state index in [1.165, 1.54) is 0 Å². The van der Waals surface area contributed by atoms with Gasteiger partial charge in [-0.2, -0.15) is 0 Å². The second-order valence-corrected chi connectivity index (χ2v) is 3.26. The highest BCUT2D eigenvalue weighted by Crippen LogP contribution is 2.14. The van der Waals surface area contributed by atoms with Gasteiger partial charge in [-0.25, -0.2) is 4.98 Å². The molecule has 0 atom stereocenters. The molecule has 0 aromatic carbocycles. The Labute approximate surface area is 81.9 Å². The van der Waals surface area contributed by atoms with Crippen molar-refractivity contribution in [3.63, 3.8) is 0 Å². The fourth-order valence-corrected chi connectivity index (χ4v) is 1.31. The van der Waals surface area contributed by atoms with E-state index in [0.29, 0.717) is 5.52 Å². The number of fused-ring (bicyclic) bond motifs is 1. The normalized spacial score (nSPS) is 10.4. The van der Waals surface area contributed by atoms with Crippen molar-refractivity contribution >= 4 is 16.6 Å². The summed E-state index contributed by atoms with van der Waals surface area (Å²) in [4.78, 5) is 4.22. The van der Waals surface area contributed by atoms with Crippen LogP contribution in [0.5, 0.6) is 0 Å². The van der Waals surface area contributed by atoms with Gasteiger partial charge >= 0.3 is 0 Å². The van der Waals surface area contributed by atoms with E-state index in [1.807, 2.05) is 19.1 Å². The van der Waals surface area contributed by atoms with E-state index < -0.39 is 0 Å². The molecule has 2 heterocycles. The summed E-state index contributed by atoms with van der Waals surface area (Å²) in [6.45, 7) is 5.74. The molecule has 2 rings (SSSR count). The van der Waals surface area contributed by atoms with Crippen LogP contribution in [0.25, 0.3) is 16.6 Å². The molecule has 70 valence electrons. The van der Waals surface area contributed by atoms with Crippen LogP contribution in [0, 0.1) is 0 Å². The Morgan fingerprint density at radius 1 is 1.57 bits per heavy atom. The number of hydrogen-bond acceptors (Lipinski definition) is 2.